The monoisotopic (exact) mass is 424 g/mol. The van der Waals surface area contributed by atoms with Crippen LogP contribution in [0, 0.1) is 0 Å². The Morgan fingerprint density at radius 3 is 2.59 bits per heavy atom. The first kappa shape index (κ1) is 15.4. The van der Waals surface area contributed by atoms with E-state index in [0.29, 0.717) is 17.0 Å². The quantitative estimate of drug-likeness (QED) is 0.626. The molecule has 1 aliphatic rings. The van der Waals surface area contributed by atoms with E-state index < -0.39 is 12.2 Å². The van der Waals surface area contributed by atoms with Gasteiger partial charge in [0.2, 0.25) is 0 Å². The Bertz CT molecular complexity index is 791. The first-order valence-corrected chi connectivity index (χ1v) is 8.12. The minimum atomic E-state index is -1.92. The first-order chi connectivity index (χ1) is 10.5. The number of anilines is 1. The highest BCUT2D eigenvalue weighted by Crippen LogP contribution is 2.32. The van der Waals surface area contributed by atoms with Crippen LogP contribution < -0.4 is 4.90 Å². The van der Waals surface area contributed by atoms with Crippen LogP contribution in [0.3, 0.4) is 0 Å². The van der Waals surface area contributed by atoms with Crippen molar-refractivity contribution in [2.45, 2.75) is 6.30 Å². The van der Waals surface area contributed by atoms with E-state index in [4.69, 9.17) is 0 Å². The lowest BCUT2D eigenvalue weighted by Crippen LogP contribution is -2.32. The Hall–Kier alpha value is -1.53. The summed E-state index contributed by atoms with van der Waals surface area (Å²) in [6.45, 7) is 0. The van der Waals surface area contributed by atoms with Crippen molar-refractivity contribution in [3.63, 3.8) is 0 Å². The summed E-state index contributed by atoms with van der Waals surface area (Å²) in [5, 5.41) is 0. The molecule has 112 valence electrons. The molecule has 3 nitrogen and oxygen atoms in total. The second-order valence-electron chi connectivity index (χ2n) is 4.85. The molecule has 1 amide bonds. The van der Waals surface area contributed by atoms with E-state index in [1.165, 1.54) is 4.90 Å². The number of halogens is 3. The summed E-state index contributed by atoms with van der Waals surface area (Å²) >= 11 is 6.89. The normalized spacial score (nSPS) is 17.8. The molecule has 1 heterocycles. The van der Waals surface area contributed by atoms with Crippen molar-refractivity contribution in [1.82, 2.24) is 0 Å². The van der Waals surface area contributed by atoms with Crippen LogP contribution in [-0.2, 0) is 4.79 Å². The fourth-order valence-corrected chi connectivity index (χ4v) is 3.21. The van der Waals surface area contributed by atoms with Crippen molar-refractivity contribution in [2.24, 2.45) is 4.99 Å². The van der Waals surface area contributed by atoms with Crippen molar-refractivity contribution >= 4 is 49.2 Å². The molecule has 0 saturated carbocycles. The average molecular weight is 426 g/mol. The third kappa shape index (κ3) is 2.61. The Kier molecular flexibility index (Phi) is 4.14. The lowest BCUT2D eigenvalue weighted by atomic mass is 10.0. The van der Waals surface area contributed by atoms with Gasteiger partial charge in [0, 0.05) is 27.1 Å². The number of benzene rings is 2. The predicted molar refractivity (Wildman–Crippen MR) is 92.2 cm³/mol. The minimum absolute atomic E-state index is 0.453. The number of amides is 1. The Balaban J connectivity index is 2.31. The molecule has 2 aromatic rings. The Morgan fingerprint density at radius 1 is 1.14 bits per heavy atom. The topological polar surface area (TPSA) is 32.7 Å². The number of aliphatic imine (C=N–C) groups is 1. The number of carbonyl (C=O) groups is 1. The van der Waals surface area contributed by atoms with Crippen LogP contribution in [0.2, 0.25) is 0 Å². The van der Waals surface area contributed by atoms with Gasteiger partial charge in [0.15, 0.2) is 0 Å². The molecule has 0 aromatic heterocycles. The van der Waals surface area contributed by atoms with E-state index in [2.05, 4.69) is 36.9 Å². The predicted octanol–water partition coefficient (Wildman–Crippen LogP) is 4.32. The molecule has 0 radical (unpaired) electrons. The molecular weight excluding hydrogens is 415 g/mol. The minimum Gasteiger partial charge on any atom is -0.311 e. The van der Waals surface area contributed by atoms with Crippen molar-refractivity contribution in [2.75, 3.05) is 11.9 Å². The van der Waals surface area contributed by atoms with Gasteiger partial charge in [-0.25, -0.2) is 9.38 Å². The van der Waals surface area contributed by atoms with Crippen LogP contribution in [0.4, 0.5) is 10.1 Å². The van der Waals surface area contributed by atoms with E-state index in [1.807, 2.05) is 36.4 Å². The molecule has 1 aliphatic heterocycles. The molecule has 1 atom stereocenters. The Morgan fingerprint density at radius 2 is 1.86 bits per heavy atom. The Labute approximate surface area is 144 Å². The first-order valence-electron chi connectivity index (χ1n) is 6.53. The van der Waals surface area contributed by atoms with Crippen molar-refractivity contribution < 1.29 is 9.18 Å². The maximum atomic E-state index is 14.2. The van der Waals surface area contributed by atoms with Crippen LogP contribution in [-0.4, -0.2) is 25.0 Å². The lowest BCUT2D eigenvalue weighted by molar-refractivity contribution is -0.122. The summed E-state index contributed by atoms with van der Waals surface area (Å²) in [5.74, 6) is -0.675. The number of nitrogens with zero attached hydrogens (tertiary/aromatic N) is 2. The van der Waals surface area contributed by atoms with Crippen molar-refractivity contribution in [1.29, 1.82) is 0 Å². The molecule has 6 heteroatoms. The molecule has 0 fully saturated rings. The molecule has 0 spiro atoms. The number of rotatable bonds is 1. The summed E-state index contributed by atoms with van der Waals surface area (Å²) in [6, 6.07) is 12.9. The summed E-state index contributed by atoms with van der Waals surface area (Å²) < 4.78 is 15.8. The highest BCUT2D eigenvalue weighted by Gasteiger charge is 2.30. The molecule has 0 bridgehead atoms. The fraction of sp³-hybridized carbons (Fsp3) is 0.125. The molecule has 0 N–H and O–H groups in total. The largest absolute Gasteiger partial charge is 0.311 e. The van der Waals surface area contributed by atoms with Crippen LogP contribution in [0.5, 0.6) is 0 Å². The maximum Gasteiger partial charge on any atom is 0.284 e. The number of alkyl halides is 1. The number of fused-ring (bicyclic) bond motifs is 1. The van der Waals surface area contributed by atoms with E-state index in [-0.39, 0.29) is 0 Å². The smallest absolute Gasteiger partial charge is 0.284 e. The number of benzodiazepines with no additional fused rings is 1. The highest BCUT2D eigenvalue weighted by atomic mass is 79.9. The second kappa shape index (κ2) is 5.93. The van der Waals surface area contributed by atoms with Crippen LogP contribution in [0.25, 0.3) is 0 Å². The number of hydrogen-bond donors (Lipinski definition) is 0. The molecular formula is C16H11Br2FN2O. The van der Waals surface area contributed by atoms with Crippen molar-refractivity contribution in [3.8, 4) is 0 Å². The van der Waals surface area contributed by atoms with E-state index in [1.54, 1.807) is 13.1 Å². The zero-order chi connectivity index (χ0) is 15.9. The molecule has 3 rings (SSSR count). The third-order valence-corrected chi connectivity index (χ3v) is 4.67. The van der Waals surface area contributed by atoms with Crippen LogP contribution >= 0.6 is 31.9 Å². The SMILES string of the molecule is CN1C(=O)C(F)N=C(c2ccccc2Br)c2cc(Br)ccc21. The number of carbonyl (C=O) groups excluding carboxylic acids is 1. The molecule has 2 aromatic carbocycles. The third-order valence-electron chi connectivity index (χ3n) is 3.48. The van der Waals surface area contributed by atoms with Gasteiger partial charge in [-0.15, -0.1) is 0 Å². The summed E-state index contributed by atoms with van der Waals surface area (Å²) in [6.07, 6.45) is -1.92. The summed E-state index contributed by atoms with van der Waals surface area (Å²) in [5.41, 5.74) is 2.53. The van der Waals surface area contributed by atoms with Gasteiger partial charge in [0.05, 0.1) is 11.4 Å². The van der Waals surface area contributed by atoms with E-state index in [0.717, 1.165) is 14.5 Å². The fourth-order valence-electron chi connectivity index (χ4n) is 2.37. The van der Waals surface area contributed by atoms with Gasteiger partial charge >= 0.3 is 0 Å². The second-order valence-corrected chi connectivity index (χ2v) is 6.62. The highest BCUT2D eigenvalue weighted by molar-refractivity contribution is 9.10. The summed E-state index contributed by atoms with van der Waals surface area (Å²) in [4.78, 5) is 17.4. The van der Waals surface area contributed by atoms with E-state index >= 15 is 0 Å². The number of hydrogen-bond acceptors (Lipinski definition) is 2. The van der Waals surface area contributed by atoms with Gasteiger partial charge in [-0.05, 0) is 24.3 Å². The van der Waals surface area contributed by atoms with Crippen LogP contribution in [0.15, 0.2) is 56.4 Å². The van der Waals surface area contributed by atoms with Gasteiger partial charge in [-0.3, -0.25) is 4.79 Å². The van der Waals surface area contributed by atoms with Gasteiger partial charge in [-0.2, -0.15) is 0 Å². The zero-order valence-corrected chi connectivity index (χ0v) is 14.7. The number of likely N-dealkylation sites (N-methyl/N-ethyl adjacent to an activating group) is 1. The summed E-state index contributed by atoms with van der Waals surface area (Å²) in [7, 11) is 1.56. The standard InChI is InChI=1S/C16H11Br2FN2O/c1-21-13-7-6-9(17)8-11(13)14(20-15(19)16(21)22)10-4-2-3-5-12(10)18/h2-8,15H,1H3. The average Bonchev–Trinajstić information content (AvgIpc) is 2.59. The van der Waals surface area contributed by atoms with Gasteiger partial charge in [0.1, 0.15) is 0 Å². The van der Waals surface area contributed by atoms with Crippen LogP contribution in [0.1, 0.15) is 11.1 Å². The van der Waals surface area contributed by atoms with E-state index in [9.17, 15) is 9.18 Å². The molecule has 22 heavy (non-hydrogen) atoms. The maximum absolute atomic E-state index is 14.2. The molecule has 0 aliphatic carbocycles. The zero-order valence-electron chi connectivity index (χ0n) is 11.6. The molecule has 0 saturated heterocycles. The molecule has 1 unspecified atom stereocenters. The lowest BCUT2D eigenvalue weighted by Gasteiger charge is -2.18. The van der Waals surface area contributed by atoms with Gasteiger partial charge in [0.25, 0.3) is 12.2 Å². The van der Waals surface area contributed by atoms with Crippen molar-refractivity contribution in [3.05, 3.63) is 62.5 Å². The van der Waals surface area contributed by atoms with Gasteiger partial charge in [-0.1, -0.05) is 50.1 Å². The van der Waals surface area contributed by atoms with Gasteiger partial charge < -0.3 is 4.90 Å².